The first-order valence-corrected chi connectivity index (χ1v) is 9.30. The van der Waals surface area contributed by atoms with Crippen LogP contribution in [-0.4, -0.2) is 37.0 Å². The maximum absolute atomic E-state index is 13.4. The monoisotopic (exact) mass is 371 g/mol. The molecule has 0 radical (unpaired) electrons. The number of benzene rings is 2. The number of carbonyl (C=O) groups excluding carboxylic acids is 1. The molecular weight excluding hydrogens is 345 g/mol. The molecule has 2 N–H and O–H groups in total. The third kappa shape index (κ3) is 5.77. The highest BCUT2D eigenvalue weighted by Crippen LogP contribution is 2.24. The van der Waals surface area contributed by atoms with Crippen molar-refractivity contribution in [1.29, 1.82) is 0 Å². The Balaban J connectivity index is 1.35. The van der Waals surface area contributed by atoms with Crippen LogP contribution in [-0.2, 0) is 4.79 Å². The molecule has 2 aromatic carbocycles. The number of nitrogens with one attached hydrogen (secondary N) is 2. The van der Waals surface area contributed by atoms with Crippen molar-refractivity contribution < 1.29 is 13.9 Å². The third-order valence-electron chi connectivity index (χ3n) is 4.81. The summed E-state index contributed by atoms with van der Waals surface area (Å²) >= 11 is 0. The minimum Gasteiger partial charge on any atom is -0.484 e. The quantitative estimate of drug-likeness (QED) is 0.749. The molecule has 2 unspecified atom stereocenters. The van der Waals surface area contributed by atoms with Crippen LogP contribution in [0.4, 0.5) is 4.39 Å². The van der Waals surface area contributed by atoms with Gasteiger partial charge >= 0.3 is 0 Å². The minimum absolute atomic E-state index is 0.0333. The minimum atomic E-state index is -0.212. The summed E-state index contributed by atoms with van der Waals surface area (Å²) < 4.78 is 18.9. The number of ether oxygens (including phenoxy) is 1. The van der Waals surface area contributed by atoms with Crippen LogP contribution in [0.3, 0.4) is 0 Å². The number of halogens is 1. The molecule has 1 aliphatic rings. The molecule has 1 fully saturated rings. The van der Waals surface area contributed by atoms with E-state index in [9.17, 15) is 9.18 Å². The smallest absolute Gasteiger partial charge is 0.260 e. The largest absolute Gasteiger partial charge is 0.484 e. The Labute approximate surface area is 159 Å². The van der Waals surface area contributed by atoms with Gasteiger partial charge in [0.2, 0.25) is 0 Å². The van der Waals surface area contributed by atoms with Crippen molar-refractivity contribution in [2.75, 3.05) is 20.2 Å². The van der Waals surface area contributed by atoms with Gasteiger partial charge in [-0.15, -0.1) is 0 Å². The van der Waals surface area contributed by atoms with Gasteiger partial charge in [0.05, 0.1) is 0 Å². The van der Waals surface area contributed by atoms with Gasteiger partial charge in [-0.05, 0) is 49.1 Å². The highest BCUT2D eigenvalue weighted by atomic mass is 19.1. The lowest BCUT2D eigenvalue weighted by Gasteiger charge is -2.18. The van der Waals surface area contributed by atoms with Gasteiger partial charge in [-0.3, -0.25) is 15.6 Å². The molecule has 1 amide bonds. The number of likely N-dealkylation sites (N-methyl/N-ethyl adjacent to an activating group) is 1. The zero-order valence-corrected chi connectivity index (χ0v) is 15.5. The van der Waals surface area contributed by atoms with E-state index in [-0.39, 0.29) is 24.4 Å². The fraction of sp³-hybridized carbons (Fsp3) is 0.381. The molecule has 1 aliphatic heterocycles. The van der Waals surface area contributed by atoms with Crippen molar-refractivity contribution in [2.24, 2.45) is 0 Å². The molecule has 3 rings (SSSR count). The summed E-state index contributed by atoms with van der Waals surface area (Å²) in [5.74, 6) is 0.452. The molecule has 6 heteroatoms. The number of amides is 1. The lowest BCUT2D eigenvalue weighted by atomic mass is 9.99. The Hall–Kier alpha value is -2.44. The molecule has 1 heterocycles. The first-order valence-electron chi connectivity index (χ1n) is 9.30. The first kappa shape index (κ1) is 19.3. The van der Waals surface area contributed by atoms with E-state index in [4.69, 9.17) is 4.74 Å². The highest BCUT2D eigenvalue weighted by Gasteiger charge is 2.25. The van der Waals surface area contributed by atoms with Crippen LogP contribution >= 0.6 is 0 Å². The standard InChI is InChI=1S/C21H26FN3O2/c1-25(21(26)15-27-19-10-3-2-4-11-19)12-6-9-18-14-20(24-23-18)16-7-5-8-17(22)13-16/h2-5,7-8,10-11,13,18,20,23-24H,6,9,12,14-15H2,1H3. The molecule has 5 nitrogen and oxygen atoms in total. The normalized spacial score (nSPS) is 19.0. The highest BCUT2D eigenvalue weighted by molar-refractivity contribution is 5.77. The SMILES string of the molecule is CN(CCCC1CC(c2cccc(F)c2)NN1)C(=O)COc1ccccc1. The van der Waals surface area contributed by atoms with Crippen LogP contribution in [0.2, 0.25) is 0 Å². The van der Waals surface area contributed by atoms with E-state index in [2.05, 4.69) is 10.9 Å². The van der Waals surface area contributed by atoms with E-state index in [0.29, 0.717) is 18.3 Å². The molecule has 27 heavy (non-hydrogen) atoms. The predicted octanol–water partition coefficient (Wildman–Crippen LogP) is 3.05. The van der Waals surface area contributed by atoms with E-state index in [1.807, 2.05) is 36.4 Å². The van der Waals surface area contributed by atoms with Crippen LogP contribution in [0.5, 0.6) is 5.75 Å². The molecule has 0 aliphatic carbocycles. The second kappa shape index (κ2) is 9.48. The number of carbonyl (C=O) groups is 1. The van der Waals surface area contributed by atoms with Crippen molar-refractivity contribution in [3.05, 3.63) is 66.0 Å². The van der Waals surface area contributed by atoms with Crippen molar-refractivity contribution in [2.45, 2.75) is 31.3 Å². The van der Waals surface area contributed by atoms with Crippen LogP contribution in [0.15, 0.2) is 54.6 Å². The van der Waals surface area contributed by atoms with E-state index < -0.39 is 0 Å². The molecule has 2 atom stereocenters. The molecule has 0 bridgehead atoms. The van der Waals surface area contributed by atoms with Gasteiger partial charge in [-0.25, -0.2) is 4.39 Å². The van der Waals surface area contributed by atoms with E-state index in [0.717, 1.165) is 24.8 Å². The topological polar surface area (TPSA) is 53.6 Å². The fourth-order valence-corrected chi connectivity index (χ4v) is 3.23. The Morgan fingerprint density at radius 1 is 1.19 bits per heavy atom. The summed E-state index contributed by atoms with van der Waals surface area (Å²) in [4.78, 5) is 13.9. The van der Waals surface area contributed by atoms with Crippen molar-refractivity contribution in [1.82, 2.24) is 15.8 Å². The summed E-state index contributed by atoms with van der Waals surface area (Å²) in [5.41, 5.74) is 7.46. The van der Waals surface area contributed by atoms with Gasteiger partial charge in [-0.2, -0.15) is 0 Å². The lowest BCUT2D eigenvalue weighted by molar-refractivity contribution is -0.132. The van der Waals surface area contributed by atoms with Gasteiger partial charge in [0.15, 0.2) is 6.61 Å². The molecular formula is C21H26FN3O2. The Morgan fingerprint density at radius 2 is 2.00 bits per heavy atom. The van der Waals surface area contributed by atoms with Crippen LogP contribution in [0, 0.1) is 5.82 Å². The van der Waals surface area contributed by atoms with E-state index in [1.54, 1.807) is 24.1 Å². The number of rotatable bonds is 8. The molecule has 1 saturated heterocycles. The maximum Gasteiger partial charge on any atom is 0.260 e. The van der Waals surface area contributed by atoms with Crippen molar-refractivity contribution in [3.8, 4) is 5.75 Å². The fourth-order valence-electron chi connectivity index (χ4n) is 3.23. The molecule has 0 spiro atoms. The maximum atomic E-state index is 13.4. The predicted molar refractivity (Wildman–Crippen MR) is 103 cm³/mol. The zero-order valence-electron chi connectivity index (χ0n) is 15.5. The number of hydrogen-bond donors (Lipinski definition) is 2. The first-order chi connectivity index (χ1) is 13.1. The Bertz CT molecular complexity index is 741. The van der Waals surface area contributed by atoms with Gasteiger partial charge in [0.25, 0.3) is 5.91 Å². The summed E-state index contributed by atoms with van der Waals surface area (Å²) in [6, 6.07) is 16.5. The van der Waals surface area contributed by atoms with Gasteiger partial charge < -0.3 is 9.64 Å². The van der Waals surface area contributed by atoms with Crippen LogP contribution < -0.4 is 15.6 Å². The van der Waals surface area contributed by atoms with Gasteiger partial charge in [0, 0.05) is 25.7 Å². The lowest BCUT2D eigenvalue weighted by Crippen LogP contribution is -2.34. The summed E-state index contributed by atoms with van der Waals surface area (Å²) in [6.07, 6.45) is 2.73. The van der Waals surface area contributed by atoms with Crippen molar-refractivity contribution in [3.63, 3.8) is 0 Å². The number of hydrazine groups is 1. The van der Waals surface area contributed by atoms with Crippen LogP contribution in [0.25, 0.3) is 0 Å². The Morgan fingerprint density at radius 3 is 2.78 bits per heavy atom. The zero-order chi connectivity index (χ0) is 19.1. The van der Waals surface area contributed by atoms with Crippen molar-refractivity contribution >= 4 is 5.91 Å². The summed E-state index contributed by atoms with van der Waals surface area (Å²) in [6.45, 7) is 0.727. The van der Waals surface area contributed by atoms with E-state index in [1.165, 1.54) is 6.07 Å². The summed E-state index contributed by atoms with van der Waals surface area (Å²) in [7, 11) is 1.80. The molecule has 2 aromatic rings. The molecule has 0 aromatic heterocycles. The Kier molecular flexibility index (Phi) is 6.79. The average molecular weight is 371 g/mol. The van der Waals surface area contributed by atoms with Crippen LogP contribution in [0.1, 0.15) is 30.9 Å². The second-order valence-corrected chi connectivity index (χ2v) is 6.89. The number of para-hydroxylation sites is 1. The molecule has 0 saturated carbocycles. The number of hydrogen-bond acceptors (Lipinski definition) is 4. The average Bonchev–Trinajstić information content (AvgIpc) is 3.16. The summed E-state index contributed by atoms with van der Waals surface area (Å²) in [5, 5.41) is 0. The second-order valence-electron chi connectivity index (χ2n) is 6.89. The van der Waals surface area contributed by atoms with Gasteiger partial charge in [-0.1, -0.05) is 30.3 Å². The van der Waals surface area contributed by atoms with E-state index >= 15 is 0 Å². The number of nitrogens with zero attached hydrogens (tertiary/aromatic N) is 1. The molecule has 144 valence electrons. The van der Waals surface area contributed by atoms with Gasteiger partial charge in [0.1, 0.15) is 11.6 Å². The third-order valence-corrected chi connectivity index (χ3v) is 4.81.